The number of nitrogens with zero attached hydrogens (tertiary/aromatic N) is 3. The molecule has 2 heterocycles. The Balaban J connectivity index is 2.38. The summed E-state index contributed by atoms with van der Waals surface area (Å²) in [5, 5.41) is 14.5. The summed E-state index contributed by atoms with van der Waals surface area (Å²) in [4.78, 5) is 0. The molecule has 0 aliphatic carbocycles. The maximum atomic E-state index is 13.6. The molecule has 15 heavy (non-hydrogen) atoms. The van der Waals surface area contributed by atoms with Crippen molar-refractivity contribution in [2.75, 3.05) is 0 Å². The summed E-state index contributed by atoms with van der Waals surface area (Å²) < 4.78 is 20.7. The Labute approximate surface area is 91.0 Å². The number of hydrogen-bond donors (Lipinski definition) is 0. The van der Waals surface area contributed by atoms with Gasteiger partial charge in [0.25, 0.3) is 0 Å². The van der Waals surface area contributed by atoms with Crippen molar-refractivity contribution in [3.05, 3.63) is 11.5 Å². The highest BCUT2D eigenvalue weighted by atomic mass is 32.2. The van der Waals surface area contributed by atoms with Gasteiger partial charge in [-0.3, -0.25) is 4.68 Å². The largest absolute Gasteiger partial charge is 0.367 e. The van der Waals surface area contributed by atoms with E-state index < -0.39 is 5.82 Å². The van der Waals surface area contributed by atoms with Crippen molar-refractivity contribution in [1.82, 2.24) is 9.78 Å². The number of thiocyanates is 1. The average Bonchev–Trinajstić information content (AvgIpc) is 2.42. The van der Waals surface area contributed by atoms with Crippen molar-refractivity contribution in [2.45, 2.75) is 37.6 Å². The SMILES string of the molecule is CC1(C)Cn2nc(SC#N)c(F)c2CO1. The van der Waals surface area contributed by atoms with E-state index in [0.717, 1.165) is 11.8 Å². The van der Waals surface area contributed by atoms with Gasteiger partial charge in [-0.25, -0.2) is 4.39 Å². The first kappa shape index (κ1) is 10.5. The lowest BCUT2D eigenvalue weighted by molar-refractivity contribution is -0.0674. The molecule has 1 aromatic rings. The first-order chi connectivity index (χ1) is 7.03. The van der Waals surface area contributed by atoms with E-state index in [1.54, 1.807) is 4.68 Å². The van der Waals surface area contributed by atoms with Crippen LogP contribution in [0, 0.1) is 16.5 Å². The number of halogens is 1. The van der Waals surface area contributed by atoms with Gasteiger partial charge in [0, 0.05) is 11.8 Å². The molecule has 0 fully saturated rings. The number of ether oxygens (including phenoxy) is 1. The third-order valence-corrected chi connectivity index (χ3v) is 2.78. The Morgan fingerprint density at radius 3 is 3.07 bits per heavy atom. The van der Waals surface area contributed by atoms with Gasteiger partial charge in [0.15, 0.2) is 10.8 Å². The topological polar surface area (TPSA) is 50.8 Å². The number of rotatable bonds is 1. The molecule has 1 aliphatic rings. The van der Waals surface area contributed by atoms with Gasteiger partial charge in [0.05, 0.1) is 18.8 Å². The van der Waals surface area contributed by atoms with Crippen LogP contribution < -0.4 is 0 Å². The second-order valence-electron chi connectivity index (χ2n) is 3.97. The van der Waals surface area contributed by atoms with E-state index in [1.807, 2.05) is 19.2 Å². The zero-order chi connectivity index (χ0) is 11.1. The highest BCUT2D eigenvalue weighted by molar-refractivity contribution is 8.03. The molecule has 0 saturated heterocycles. The summed E-state index contributed by atoms with van der Waals surface area (Å²) in [6.45, 7) is 4.56. The molecule has 1 aliphatic heterocycles. The molecule has 0 spiro atoms. The van der Waals surface area contributed by atoms with Crippen LogP contribution in [0.25, 0.3) is 0 Å². The maximum Gasteiger partial charge on any atom is 0.181 e. The molecule has 0 saturated carbocycles. The quantitative estimate of drug-likeness (QED) is 0.543. The zero-order valence-electron chi connectivity index (χ0n) is 8.45. The molecule has 0 bridgehead atoms. The summed E-state index contributed by atoms with van der Waals surface area (Å²) in [6, 6.07) is 0. The molecule has 6 heteroatoms. The third-order valence-electron chi connectivity index (χ3n) is 2.24. The molecule has 0 amide bonds. The monoisotopic (exact) mass is 227 g/mol. The standard InChI is InChI=1S/C9H10FN3OS/c1-9(2)4-13-6(3-14-9)7(10)8(12-13)15-5-11/h3-4H2,1-2H3. The van der Waals surface area contributed by atoms with Gasteiger partial charge in [-0.1, -0.05) is 0 Å². The van der Waals surface area contributed by atoms with Crippen LogP contribution in [0.5, 0.6) is 0 Å². The van der Waals surface area contributed by atoms with Crippen LogP contribution in [0.1, 0.15) is 19.5 Å². The molecule has 2 rings (SSSR count). The fourth-order valence-corrected chi connectivity index (χ4v) is 1.93. The van der Waals surface area contributed by atoms with E-state index in [2.05, 4.69) is 5.10 Å². The Bertz CT molecular complexity index is 435. The minimum Gasteiger partial charge on any atom is -0.367 e. The molecule has 0 N–H and O–H groups in total. The van der Waals surface area contributed by atoms with E-state index in [-0.39, 0.29) is 17.2 Å². The van der Waals surface area contributed by atoms with Gasteiger partial charge in [-0.15, -0.1) is 0 Å². The minimum atomic E-state index is -0.433. The van der Waals surface area contributed by atoms with E-state index in [4.69, 9.17) is 10.00 Å². The average molecular weight is 227 g/mol. The number of thioether (sulfide) groups is 1. The summed E-state index contributed by atoms with van der Waals surface area (Å²) in [5.41, 5.74) is 0.0899. The number of aromatic nitrogens is 2. The van der Waals surface area contributed by atoms with Crippen molar-refractivity contribution in [2.24, 2.45) is 0 Å². The van der Waals surface area contributed by atoms with E-state index >= 15 is 0 Å². The Hall–Kier alpha value is -1.06. The van der Waals surface area contributed by atoms with E-state index in [1.165, 1.54) is 0 Å². The summed E-state index contributed by atoms with van der Waals surface area (Å²) in [7, 11) is 0. The highest BCUT2D eigenvalue weighted by Crippen LogP contribution is 2.28. The fourth-order valence-electron chi connectivity index (χ4n) is 1.50. The van der Waals surface area contributed by atoms with Gasteiger partial charge in [0.2, 0.25) is 0 Å². The summed E-state index contributed by atoms with van der Waals surface area (Å²) >= 11 is 0.739. The molecule has 4 nitrogen and oxygen atoms in total. The first-order valence-corrected chi connectivity index (χ1v) is 5.30. The van der Waals surface area contributed by atoms with Crippen molar-refractivity contribution in [3.8, 4) is 5.40 Å². The maximum absolute atomic E-state index is 13.6. The first-order valence-electron chi connectivity index (χ1n) is 4.48. The lowest BCUT2D eigenvalue weighted by atomic mass is 10.1. The highest BCUT2D eigenvalue weighted by Gasteiger charge is 2.30. The molecule has 0 atom stereocenters. The Kier molecular flexibility index (Phi) is 2.44. The van der Waals surface area contributed by atoms with Gasteiger partial charge in [-0.05, 0) is 13.8 Å². The predicted molar refractivity (Wildman–Crippen MR) is 52.5 cm³/mol. The summed E-state index contributed by atoms with van der Waals surface area (Å²) in [6.07, 6.45) is 0. The molecule has 0 radical (unpaired) electrons. The van der Waals surface area contributed by atoms with Gasteiger partial charge in [-0.2, -0.15) is 10.4 Å². The second kappa shape index (κ2) is 3.51. The van der Waals surface area contributed by atoms with Crippen molar-refractivity contribution < 1.29 is 9.13 Å². The zero-order valence-corrected chi connectivity index (χ0v) is 9.27. The van der Waals surface area contributed by atoms with Crippen LogP contribution in [0.15, 0.2) is 5.03 Å². The van der Waals surface area contributed by atoms with Crippen LogP contribution in [-0.2, 0) is 17.9 Å². The molecule has 0 unspecified atom stereocenters. The van der Waals surface area contributed by atoms with Crippen LogP contribution in [0.4, 0.5) is 4.39 Å². The number of nitriles is 1. The van der Waals surface area contributed by atoms with Crippen LogP contribution in [-0.4, -0.2) is 15.4 Å². The van der Waals surface area contributed by atoms with Crippen molar-refractivity contribution in [3.63, 3.8) is 0 Å². The normalized spacial score (nSPS) is 18.3. The molecule has 1 aromatic heterocycles. The van der Waals surface area contributed by atoms with Crippen LogP contribution in [0.3, 0.4) is 0 Å². The molecule has 80 valence electrons. The van der Waals surface area contributed by atoms with Crippen molar-refractivity contribution >= 4 is 11.8 Å². The lowest BCUT2D eigenvalue weighted by Crippen LogP contribution is -2.36. The minimum absolute atomic E-state index is 0.133. The van der Waals surface area contributed by atoms with Gasteiger partial charge < -0.3 is 4.74 Å². The Morgan fingerprint density at radius 1 is 1.67 bits per heavy atom. The number of fused-ring (bicyclic) bond motifs is 1. The van der Waals surface area contributed by atoms with E-state index in [0.29, 0.717) is 12.2 Å². The fraction of sp³-hybridized carbons (Fsp3) is 0.556. The summed E-state index contributed by atoms with van der Waals surface area (Å²) in [5.74, 6) is -0.433. The van der Waals surface area contributed by atoms with E-state index in [9.17, 15) is 4.39 Å². The van der Waals surface area contributed by atoms with Crippen molar-refractivity contribution in [1.29, 1.82) is 5.26 Å². The molecule has 0 aromatic carbocycles. The molecular weight excluding hydrogens is 217 g/mol. The van der Waals surface area contributed by atoms with Gasteiger partial charge in [0.1, 0.15) is 11.1 Å². The Morgan fingerprint density at radius 2 is 2.40 bits per heavy atom. The van der Waals surface area contributed by atoms with Crippen LogP contribution >= 0.6 is 11.8 Å². The number of hydrogen-bond acceptors (Lipinski definition) is 4. The third kappa shape index (κ3) is 1.85. The molecular formula is C9H10FN3OS. The van der Waals surface area contributed by atoms with Crippen LogP contribution in [0.2, 0.25) is 0 Å². The second-order valence-corrected chi connectivity index (χ2v) is 4.74. The predicted octanol–water partition coefficient (Wildman–Crippen LogP) is 1.90. The lowest BCUT2D eigenvalue weighted by Gasteiger charge is -2.30. The van der Waals surface area contributed by atoms with Gasteiger partial charge >= 0.3 is 0 Å². The smallest absolute Gasteiger partial charge is 0.181 e.